The van der Waals surface area contributed by atoms with Gasteiger partial charge >= 0.3 is 0 Å². The van der Waals surface area contributed by atoms with Crippen LogP contribution < -0.4 is 4.72 Å². The number of aromatic nitrogens is 2. The number of nitrogens with zero attached hydrogens (tertiary/aromatic N) is 1. The summed E-state index contributed by atoms with van der Waals surface area (Å²) >= 11 is 3.32. The lowest BCUT2D eigenvalue weighted by atomic mass is 10.1. The van der Waals surface area contributed by atoms with Crippen LogP contribution in [0.5, 0.6) is 0 Å². The molecule has 0 bridgehead atoms. The van der Waals surface area contributed by atoms with E-state index in [0.29, 0.717) is 12.5 Å². The lowest BCUT2D eigenvalue weighted by molar-refractivity contribution is 0.530. The van der Waals surface area contributed by atoms with Crippen molar-refractivity contribution in [3.63, 3.8) is 0 Å². The average Bonchev–Trinajstić information content (AvgIpc) is 2.69. The maximum atomic E-state index is 11.6. The van der Waals surface area contributed by atoms with Crippen LogP contribution in [-0.4, -0.2) is 30.3 Å². The van der Waals surface area contributed by atoms with Gasteiger partial charge < -0.3 is 4.98 Å². The molecule has 1 unspecified atom stereocenters. The lowest BCUT2D eigenvalue weighted by Gasteiger charge is -2.10. The van der Waals surface area contributed by atoms with Crippen LogP contribution in [0.4, 0.5) is 0 Å². The first-order chi connectivity index (χ1) is 7.06. The monoisotopic (exact) mass is 295 g/mol. The number of imidazole rings is 1. The van der Waals surface area contributed by atoms with Crippen molar-refractivity contribution in [2.45, 2.75) is 18.4 Å². The SMILES string of the molecule is CC(CCBr)CNS(=O)(=O)c1cnc[nH]1. The number of nitrogens with one attached hydrogen (secondary N) is 2. The summed E-state index contributed by atoms with van der Waals surface area (Å²) < 4.78 is 25.7. The Kier molecular flexibility index (Phi) is 4.75. The molecule has 0 amide bonds. The molecule has 0 fully saturated rings. The number of alkyl halides is 1. The second-order valence-electron chi connectivity index (χ2n) is 3.35. The van der Waals surface area contributed by atoms with Gasteiger partial charge in [0, 0.05) is 11.9 Å². The Bertz CT molecular complexity index is 377. The van der Waals surface area contributed by atoms with Crippen LogP contribution in [-0.2, 0) is 10.0 Å². The van der Waals surface area contributed by atoms with Crippen molar-refractivity contribution in [3.05, 3.63) is 12.5 Å². The standard InChI is InChI=1S/C8H14BrN3O2S/c1-7(2-3-9)4-12-15(13,14)8-5-10-6-11-8/h5-7,12H,2-4H2,1H3,(H,10,11). The molecule has 1 heterocycles. The lowest BCUT2D eigenvalue weighted by Crippen LogP contribution is -2.28. The largest absolute Gasteiger partial charge is 0.335 e. The van der Waals surface area contributed by atoms with Crippen LogP contribution in [0.2, 0.25) is 0 Å². The zero-order valence-corrected chi connectivity index (χ0v) is 10.8. The minimum Gasteiger partial charge on any atom is -0.335 e. The molecule has 0 saturated carbocycles. The fourth-order valence-corrected chi connectivity index (χ4v) is 2.86. The summed E-state index contributed by atoms with van der Waals surface area (Å²) in [5.74, 6) is 0.307. The van der Waals surface area contributed by atoms with Crippen LogP contribution in [0, 0.1) is 5.92 Å². The molecule has 0 aliphatic carbocycles. The molecule has 1 aromatic heterocycles. The number of hydrogen-bond acceptors (Lipinski definition) is 3. The summed E-state index contributed by atoms with van der Waals surface area (Å²) in [5.41, 5.74) is 0. The van der Waals surface area contributed by atoms with Gasteiger partial charge in [0.1, 0.15) is 0 Å². The molecule has 1 rings (SSSR count). The Morgan fingerprint density at radius 3 is 2.93 bits per heavy atom. The van der Waals surface area contributed by atoms with E-state index in [0.717, 1.165) is 11.8 Å². The highest BCUT2D eigenvalue weighted by Gasteiger charge is 2.15. The van der Waals surface area contributed by atoms with E-state index in [1.165, 1.54) is 12.5 Å². The van der Waals surface area contributed by atoms with Crippen LogP contribution in [0.25, 0.3) is 0 Å². The predicted octanol–water partition coefficient (Wildman–Crippen LogP) is 1.11. The van der Waals surface area contributed by atoms with E-state index >= 15 is 0 Å². The number of sulfonamides is 1. The number of hydrogen-bond donors (Lipinski definition) is 2. The average molecular weight is 296 g/mol. The molecule has 1 atom stereocenters. The van der Waals surface area contributed by atoms with Gasteiger partial charge in [-0.05, 0) is 12.3 Å². The van der Waals surface area contributed by atoms with Gasteiger partial charge in [-0.2, -0.15) is 0 Å². The number of H-pyrrole nitrogens is 1. The highest BCUT2D eigenvalue weighted by atomic mass is 79.9. The zero-order chi connectivity index (χ0) is 11.3. The number of aromatic amines is 1. The summed E-state index contributed by atoms with van der Waals surface area (Å²) in [6, 6.07) is 0. The van der Waals surface area contributed by atoms with E-state index in [2.05, 4.69) is 30.6 Å². The molecule has 86 valence electrons. The molecule has 0 saturated heterocycles. The van der Waals surface area contributed by atoms with Crippen molar-refractivity contribution in [2.75, 3.05) is 11.9 Å². The van der Waals surface area contributed by atoms with Gasteiger partial charge in [0.25, 0.3) is 10.0 Å². The third-order valence-electron chi connectivity index (χ3n) is 1.99. The first kappa shape index (κ1) is 12.7. The van der Waals surface area contributed by atoms with Crippen molar-refractivity contribution in [1.82, 2.24) is 14.7 Å². The van der Waals surface area contributed by atoms with Crippen LogP contribution in [0.15, 0.2) is 17.6 Å². The summed E-state index contributed by atoms with van der Waals surface area (Å²) in [5, 5.41) is 0.980. The Balaban J connectivity index is 2.52. The summed E-state index contributed by atoms with van der Waals surface area (Å²) in [4.78, 5) is 6.23. The van der Waals surface area contributed by atoms with Crippen molar-refractivity contribution in [2.24, 2.45) is 5.92 Å². The summed E-state index contributed by atoms with van der Waals surface area (Å²) in [6.07, 6.45) is 3.57. The molecule has 15 heavy (non-hydrogen) atoms. The first-order valence-corrected chi connectivity index (χ1v) is 7.20. The van der Waals surface area contributed by atoms with E-state index in [4.69, 9.17) is 0 Å². The summed E-state index contributed by atoms with van der Waals surface area (Å²) in [6.45, 7) is 2.43. The molecule has 0 aliphatic heterocycles. The van der Waals surface area contributed by atoms with Gasteiger partial charge in [-0.3, -0.25) is 0 Å². The molecular weight excluding hydrogens is 282 g/mol. The third kappa shape index (κ3) is 3.92. The fraction of sp³-hybridized carbons (Fsp3) is 0.625. The van der Waals surface area contributed by atoms with E-state index in [1.54, 1.807) is 0 Å². The normalized spacial score (nSPS) is 14.0. The van der Waals surface area contributed by atoms with Gasteiger partial charge in [-0.25, -0.2) is 18.1 Å². The molecule has 0 aromatic carbocycles. The Morgan fingerprint density at radius 2 is 2.40 bits per heavy atom. The summed E-state index contributed by atoms with van der Waals surface area (Å²) in [7, 11) is -3.41. The fourth-order valence-electron chi connectivity index (χ4n) is 1.01. The first-order valence-electron chi connectivity index (χ1n) is 4.60. The van der Waals surface area contributed by atoms with E-state index in [1.807, 2.05) is 6.92 Å². The molecule has 7 heteroatoms. The van der Waals surface area contributed by atoms with E-state index < -0.39 is 10.0 Å². The Morgan fingerprint density at radius 1 is 1.67 bits per heavy atom. The van der Waals surface area contributed by atoms with Crippen LogP contribution in [0.1, 0.15) is 13.3 Å². The third-order valence-corrected chi connectivity index (χ3v) is 3.79. The molecule has 2 N–H and O–H groups in total. The molecule has 1 aromatic rings. The maximum absolute atomic E-state index is 11.6. The molecule has 0 spiro atoms. The molecule has 0 aliphatic rings. The van der Waals surface area contributed by atoms with Gasteiger partial charge in [-0.1, -0.05) is 22.9 Å². The van der Waals surface area contributed by atoms with Gasteiger partial charge in [-0.15, -0.1) is 0 Å². The quantitative estimate of drug-likeness (QED) is 0.772. The van der Waals surface area contributed by atoms with Crippen molar-refractivity contribution in [1.29, 1.82) is 0 Å². The molecule has 0 radical (unpaired) electrons. The van der Waals surface area contributed by atoms with Crippen molar-refractivity contribution in [3.8, 4) is 0 Å². The minimum absolute atomic E-state index is 0.105. The minimum atomic E-state index is -3.41. The maximum Gasteiger partial charge on any atom is 0.257 e. The van der Waals surface area contributed by atoms with Crippen LogP contribution in [0.3, 0.4) is 0 Å². The Labute approximate surface area is 97.9 Å². The molecular formula is C8H14BrN3O2S. The van der Waals surface area contributed by atoms with Crippen molar-refractivity contribution >= 4 is 26.0 Å². The highest BCUT2D eigenvalue weighted by molar-refractivity contribution is 9.09. The van der Waals surface area contributed by atoms with Crippen molar-refractivity contribution < 1.29 is 8.42 Å². The van der Waals surface area contributed by atoms with E-state index in [-0.39, 0.29) is 5.03 Å². The Hall–Kier alpha value is -0.400. The smallest absolute Gasteiger partial charge is 0.257 e. The van der Waals surface area contributed by atoms with E-state index in [9.17, 15) is 8.42 Å². The molecule has 5 nitrogen and oxygen atoms in total. The number of halogens is 1. The second-order valence-corrected chi connectivity index (χ2v) is 5.88. The van der Waals surface area contributed by atoms with Gasteiger partial charge in [0.15, 0.2) is 5.03 Å². The highest BCUT2D eigenvalue weighted by Crippen LogP contribution is 2.06. The topological polar surface area (TPSA) is 74.8 Å². The van der Waals surface area contributed by atoms with Gasteiger partial charge in [0.2, 0.25) is 0 Å². The zero-order valence-electron chi connectivity index (χ0n) is 8.40. The predicted molar refractivity (Wildman–Crippen MR) is 61.4 cm³/mol. The van der Waals surface area contributed by atoms with Gasteiger partial charge in [0.05, 0.1) is 12.5 Å². The number of rotatable bonds is 6. The second kappa shape index (κ2) is 5.62. The van der Waals surface area contributed by atoms with Crippen LogP contribution >= 0.6 is 15.9 Å².